The van der Waals surface area contributed by atoms with E-state index in [1.165, 1.54) is 5.56 Å². The highest BCUT2D eigenvalue weighted by Crippen LogP contribution is 2.28. The van der Waals surface area contributed by atoms with Gasteiger partial charge in [0.05, 0.1) is 0 Å². The van der Waals surface area contributed by atoms with Gasteiger partial charge in [0.15, 0.2) is 11.0 Å². The number of nitrogens with one attached hydrogen (secondary N) is 1. The van der Waals surface area contributed by atoms with Crippen LogP contribution in [0.5, 0.6) is 0 Å². The number of aromatic nitrogens is 3. The summed E-state index contributed by atoms with van der Waals surface area (Å²) < 4.78 is 2.10. The molecule has 32 heavy (non-hydrogen) atoms. The molecule has 0 radical (unpaired) electrons. The van der Waals surface area contributed by atoms with Crippen LogP contribution in [0, 0.1) is 6.92 Å². The van der Waals surface area contributed by atoms with Crippen molar-refractivity contribution in [1.82, 2.24) is 14.8 Å². The standard InChI is InChI=1S/C26H26N4OS/c1-20-15-17-22(18-16-20)27-24(31)14-8-9-19-32-26-29-28-25(21-10-4-2-5-11-21)30(26)23-12-6-3-7-13-23/h2-7,10-13,15-18H,8-9,14,19H2,1H3,(H,27,31). The van der Waals surface area contributed by atoms with Gasteiger partial charge in [0.25, 0.3) is 0 Å². The lowest BCUT2D eigenvalue weighted by Crippen LogP contribution is -2.11. The number of anilines is 1. The molecule has 0 aliphatic carbocycles. The SMILES string of the molecule is Cc1ccc(NC(=O)CCCCSc2nnc(-c3ccccc3)n2-c2ccccc2)cc1. The van der Waals surface area contributed by atoms with Gasteiger partial charge >= 0.3 is 0 Å². The molecule has 3 aromatic carbocycles. The summed E-state index contributed by atoms with van der Waals surface area (Å²) in [5, 5.41) is 12.8. The molecule has 5 nitrogen and oxygen atoms in total. The smallest absolute Gasteiger partial charge is 0.224 e. The van der Waals surface area contributed by atoms with E-state index in [1.54, 1.807) is 11.8 Å². The number of para-hydroxylation sites is 1. The van der Waals surface area contributed by atoms with Crippen LogP contribution in [-0.2, 0) is 4.79 Å². The molecule has 4 aromatic rings. The average molecular weight is 443 g/mol. The van der Waals surface area contributed by atoms with Gasteiger partial charge in [-0.1, -0.05) is 78.0 Å². The number of rotatable bonds is 9. The van der Waals surface area contributed by atoms with Gasteiger partial charge in [-0.05, 0) is 44.0 Å². The highest BCUT2D eigenvalue weighted by molar-refractivity contribution is 7.99. The minimum Gasteiger partial charge on any atom is -0.326 e. The van der Waals surface area contributed by atoms with E-state index in [1.807, 2.05) is 79.7 Å². The lowest BCUT2D eigenvalue weighted by molar-refractivity contribution is -0.116. The van der Waals surface area contributed by atoms with Crippen molar-refractivity contribution in [2.24, 2.45) is 0 Å². The molecular weight excluding hydrogens is 416 g/mol. The Balaban J connectivity index is 1.35. The third-order valence-corrected chi connectivity index (χ3v) is 6.06. The number of carbonyl (C=O) groups excluding carboxylic acids is 1. The predicted octanol–water partition coefficient (Wildman–Crippen LogP) is 6.14. The molecule has 0 saturated heterocycles. The van der Waals surface area contributed by atoms with Crippen LogP contribution in [0.25, 0.3) is 17.1 Å². The van der Waals surface area contributed by atoms with Gasteiger partial charge in [-0.25, -0.2) is 0 Å². The maximum Gasteiger partial charge on any atom is 0.224 e. The fourth-order valence-electron chi connectivity index (χ4n) is 3.36. The highest BCUT2D eigenvalue weighted by Gasteiger charge is 2.15. The van der Waals surface area contributed by atoms with Crippen molar-refractivity contribution in [3.8, 4) is 17.1 Å². The quantitative estimate of drug-likeness (QED) is 0.250. The summed E-state index contributed by atoms with van der Waals surface area (Å²) in [6, 6.07) is 28.1. The van der Waals surface area contributed by atoms with Gasteiger partial charge in [0, 0.05) is 29.1 Å². The number of benzene rings is 3. The van der Waals surface area contributed by atoms with E-state index in [2.05, 4.69) is 32.2 Å². The number of hydrogen-bond donors (Lipinski definition) is 1. The molecule has 0 aliphatic rings. The lowest BCUT2D eigenvalue weighted by atomic mass is 10.2. The van der Waals surface area contributed by atoms with Gasteiger partial charge in [0.2, 0.25) is 5.91 Å². The Morgan fingerprint density at radius 1 is 0.875 bits per heavy atom. The Hall–Kier alpha value is -3.38. The molecule has 0 fully saturated rings. The van der Waals surface area contributed by atoms with E-state index in [0.717, 1.165) is 46.5 Å². The molecule has 0 atom stereocenters. The molecule has 1 N–H and O–H groups in total. The van der Waals surface area contributed by atoms with Gasteiger partial charge in [-0.15, -0.1) is 10.2 Å². The van der Waals surface area contributed by atoms with Gasteiger partial charge < -0.3 is 5.32 Å². The van der Waals surface area contributed by atoms with E-state index in [-0.39, 0.29) is 5.91 Å². The maximum absolute atomic E-state index is 12.2. The summed E-state index contributed by atoms with van der Waals surface area (Å²) in [7, 11) is 0. The second kappa shape index (κ2) is 10.8. The molecule has 1 amide bonds. The zero-order chi connectivity index (χ0) is 22.2. The first kappa shape index (κ1) is 21.8. The Bertz CT molecular complexity index is 1140. The highest BCUT2D eigenvalue weighted by atomic mass is 32.2. The Morgan fingerprint density at radius 3 is 2.28 bits per heavy atom. The predicted molar refractivity (Wildman–Crippen MR) is 131 cm³/mol. The van der Waals surface area contributed by atoms with Crippen LogP contribution >= 0.6 is 11.8 Å². The summed E-state index contributed by atoms with van der Waals surface area (Å²) in [5.41, 5.74) is 4.10. The summed E-state index contributed by atoms with van der Waals surface area (Å²) in [4.78, 5) is 12.2. The number of hydrogen-bond acceptors (Lipinski definition) is 4. The minimum absolute atomic E-state index is 0.0534. The van der Waals surface area contributed by atoms with Crippen LogP contribution in [0.2, 0.25) is 0 Å². The van der Waals surface area contributed by atoms with E-state index >= 15 is 0 Å². The largest absolute Gasteiger partial charge is 0.326 e. The molecule has 6 heteroatoms. The van der Waals surface area contributed by atoms with Crippen molar-refractivity contribution in [3.05, 3.63) is 90.5 Å². The number of aryl methyl sites for hydroxylation is 1. The second-order valence-corrected chi connectivity index (χ2v) is 8.63. The zero-order valence-electron chi connectivity index (χ0n) is 18.1. The lowest BCUT2D eigenvalue weighted by Gasteiger charge is -2.10. The number of nitrogens with zero attached hydrogens (tertiary/aromatic N) is 3. The van der Waals surface area contributed by atoms with Crippen molar-refractivity contribution >= 4 is 23.4 Å². The molecule has 1 heterocycles. The first-order chi connectivity index (χ1) is 15.7. The van der Waals surface area contributed by atoms with Crippen LogP contribution in [0.4, 0.5) is 5.69 Å². The molecule has 0 saturated carbocycles. The Labute approximate surface area is 192 Å². The average Bonchev–Trinajstić information content (AvgIpc) is 3.25. The number of carbonyl (C=O) groups is 1. The number of thioether (sulfide) groups is 1. The molecule has 0 spiro atoms. The first-order valence-corrected chi connectivity index (χ1v) is 11.7. The van der Waals surface area contributed by atoms with Crippen LogP contribution in [0.1, 0.15) is 24.8 Å². The van der Waals surface area contributed by atoms with Crippen molar-refractivity contribution in [3.63, 3.8) is 0 Å². The van der Waals surface area contributed by atoms with Crippen molar-refractivity contribution in [1.29, 1.82) is 0 Å². The summed E-state index contributed by atoms with van der Waals surface area (Å²) in [6.45, 7) is 2.03. The van der Waals surface area contributed by atoms with Crippen LogP contribution in [-0.4, -0.2) is 26.4 Å². The van der Waals surface area contributed by atoms with E-state index in [9.17, 15) is 4.79 Å². The number of amides is 1. The summed E-state index contributed by atoms with van der Waals surface area (Å²) in [6.07, 6.45) is 2.26. The van der Waals surface area contributed by atoms with E-state index in [4.69, 9.17) is 0 Å². The third-order valence-electron chi connectivity index (χ3n) is 5.04. The Kier molecular flexibility index (Phi) is 7.35. The van der Waals surface area contributed by atoms with E-state index < -0.39 is 0 Å². The molecule has 0 unspecified atom stereocenters. The van der Waals surface area contributed by atoms with Crippen molar-refractivity contribution in [2.75, 3.05) is 11.1 Å². The minimum atomic E-state index is 0.0534. The molecule has 0 aliphatic heterocycles. The molecule has 1 aromatic heterocycles. The second-order valence-electron chi connectivity index (χ2n) is 7.56. The summed E-state index contributed by atoms with van der Waals surface area (Å²) in [5.74, 6) is 1.76. The van der Waals surface area contributed by atoms with Crippen molar-refractivity contribution in [2.45, 2.75) is 31.3 Å². The fourth-order valence-corrected chi connectivity index (χ4v) is 4.31. The van der Waals surface area contributed by atoms with E-state index in [0.29, 0.717) is 6.42 Å². The third kappa shape index (κ3) is 5.65. The maximum atomic E-state index is 12.2. The van der Waals surface area contributed by atoms with Gasteiger partial charge in [-0.2, -0.15) is 0 Å². The normalized spacial score (nSPS) is 10.8. The molecule has 0 bridgehead atoms. The van der Waals surface area contributed by atoms with Crippen molar-refractivity contribution < 1.29 is 4.79 Å². The first-order valence-electron chi connectivity index (χ1n) is 10.8. The van der Waals surface area contributed by atoms with Gasteiger partial charge in [-0.3, -0.25) is 9.36 Å². The fraction of sp³-hybridized carbons (Fsp3) is 0.192. The monoisotopic (exact) mass is 442 g/mol. The van der Waals surface area contributed by atoms with Crippen LogP contribution in [0.3, 0.4) is 0 Å². The van der Waals surface area contributed by atoms with Crippen LogP contribution < -0.4 is 5.32 Å². The Morgan fingerprint density at radius 2 is 1.56 bits per heavy atom. The topological polar surface area (TPSA) is 59.8 Å². The number of unbranched alkanes of at least 4 members (excludes halogenated alkanes) is 1. The summed E-state index contributed by atoms with van der Waals surface area (Å²) >= 11 is 1.67. The van der Waals surface area contributed by atoms with Crippen LogP contribution in [0.15, 0.2) is 90.1 Å². The molecule has 4 rings (SSSR count). The van der Waals surface area contributed by atoms with Gasteiger partial charge in [0.1, 0.15) is 0 Å². The molecular formula is C26H26N4OS. The molecule has 162 valence electrons. The zero-order valence-corrected chi connectivity index (χ0v) is 18.9.